The van der Waals surface area contributed by atoms with Crippen molar-refractivity contribution in [3.05, 3.63) is 0 Å². The molecule has 0 rings (SSSR count). The molecule has 19 heteroatoms. The van der Waals surface area contributed by atoms with E-state index in [0.717, 1.165) is 114 Å². The fourth-order valence-electron chi connectivity index (χ4n) is 11.9. The molecule has 0 fully saturated rings. The molecule has 97 heavy (non-hydrogen) atoms. The van der Waals surface area contributed by atoms with E-state index in [2.05, 4.69) is 55.4 Å². The molecule has 0 aromatic rings. The second kappa shape index (κ2) is 67.2. The van der Waals surface area contributed by atoms with Crippen LogP contribution in [0.5, 0.6) is 0 Å². The van der Waals surface area contributed by atoms with E-state index in [-0.39, 0.29) is 25.7 Å². The normalized spacial score (nSPS) is 14.1. The Balaban J connectivity index is 5.25. The maximum Gasteiger partial charge on any atom is 0.472 e. The molecule has 576 valence electrons. The number of unbranched alkanes of at least 4 members (excludes halogenated alkanes) is 41. The first-order valence-electron chi connectivity index (χ1n) is 40.2. The van der Waals surface area contributed by atoms with E-state index in [1.807, 2.05) is 0 Å². The number of carbonyl (C=O) groups is 4. The standard InChI is InChI=1S/C78H152O17P2/c1-68(2)54-46-38-30-23-17-12-9-10-14-20-26-34-42-50-58-75(80)88-64-73(94-77(82)60-52-44-35-27-21-15-11-13-18-24-31-39-47-55-69(3)4)66-92-96(84,85)90-62-72(79)63-91-97(86,87)93-67-74(65-89-76(81)59-51-43-37-29-33-41-49-57-71(7)8)95-78(83)61-53-45-36-28-22-16-19-25-32-40-48-56-70(5)6/h68-74,79H,9-67H2,1-8H3,(H,84,85)(H,86,87)/t72?,73-,74-/m1/s1. The Bertz CT molecular complexity index is 1900. The van der Waals surface area contributed by atoms with E-state index < -0.39 is 97.5 Å². The van der Waals surface area contributed by atoms with Gasteiger partial charge in [0.05, 0.1) is 26.4 Å². The molecule has 0 saturated carbocycles. The van der Waals surface area contributed by atoms with Crippen LogP contribution in [0.3, 0.4) is 0 Å². The number of aliphatic hydroxyl groups is 1. The summed E-state index contributed by atoms with van der Waals surface area (Å²) in [5.74, 6) is 0.938. The number of hydrogen-bond donors (Lipinski definition) is 3. The Hall–Kier alpha value is -1.94. The molecular weight excluding hydrogens is 1270 g/mol. The lowest BCUT2D eigenvalue weighted by Gasteiger charge is -2.21. The Kier molecular flexibility index (Phi) is 65.9. The molecule has 3 N–H and O–H groups in total. The number of ether oxygens (including phenoxy) is 4. The summed E-state index contributed by atoms with van der Waals surface area (Å²) in [5, 5.41) is 10.6. The summed E-state index contributed by atoms with van der Waals surface area (Å²) >= 11 is 0. The van der Waals surface area contributed by atoms with Crippen molar-refractivity contribution in [3.8, 4) is 0 Å². The number of carbonyl (C=O) groups excluding carboxylic acids is 4. The van der Waals surface area contributed by atoms with Gasteiger partial charge >= 0.3 is 39.5 Å². The van der Waals surface area contributed by atoms with Crippen molar-refractivity contribution in [3.63, 3.8) is 0 Å². The van der Waals surface area contributed by atoms with Crippen molar-refractivity contribution in [1.29, 1.82) is 0 Å². The van der Waals surface area contributed by atoms with Gasteiger partial charge in [-0.15, -0.1) is 0 Å². The summed E-state index contributed by atoms with van der Waals surface area (Å²) in [6.07, 6.45) is 52.7. The number of aliphatic hydroxyl groups excluding tert-OH is 1. The molecule has 0 amide bonds. The van der Waals surface area contributed by atoms with Crippen LogP contribution in [0, 0.1) is 23.7 Å². The average molecular weight is 1420 g/mol. The molecular formula is C78H152O17P2. The van der Waals surface area contributed by atoms with Crippen LogP contribution in [0.4, 0.5) is 0 Å². The molecule has 3 unspecified atom stereocenters. The average Bonchev–Trinajstić information content (AvgIpc) is 1.69. The second-order valence-corrected chi connectivity index (χ2v) is 32.9. The second-order valence-electron chi connectivity index (χ2n) is 30.0. The van der Waals surface area contributed by atoms with E-state index >= 15 is 0 Å². The van der Waals surface area contributed by atoms with Gasteiger partial charge in [-0.2, -0.15) is 0 Å². The third-order valence-electron chi connectivity index (χ3n) is 18.1. The zero-order valence-electron chi connectivity index (χ0n) is 63.7. The fraction of sp³-hybridized carbons (Fsp3) is 0.949. The quantitative estimate of drug-likeness (QED) is 0.0222. The predicted molar refractivity (Wildman–Crippen MR) is 395 cm³/mol. The van der Waals surface area contributed by atoms with Crippen LogP contribution in [0.15, 0.2) is 0 Å². The van der Waals surface area contributed by atoms with Crippen molar-refractivity contribution in [1.82, 2.24) is 0 Å². The van der Waals surface area contributed by atoms with Crippen molar-refractivity contribution in [2.24, 2.45) is 23.7 Å². The Labute approximate surface area is 594 Å². The van der Waals surface area contributed by atoms with E-state index in [1.54, 1.807) is 0 Å². The van der Waals surface area contributed by atoms with Crippen LogP contribution in [0.2, 0.25) is 0 Å². The van der Waals surface area contributed by atoms with Crippen molar-refractivity contribution in [2.45, 2.75) is 414 Å². The summed E-state index contributed by atoms with van der Waals surface area (Å²) in [7, 11) is -9.92. The van der Waals surface area contributed by atoms with Crippen LogP contribution in [-0.4, -0.2) is 96.7 Å². The lowest BCUT2D eigenvalue weighted by Crippen LogP contribution is -2.30. The maximum absolute atomic E-state index is 13.1. The number of phosphoric ester groups is 2. The van der Waals surface area contributed by atoms with Crippen molar-refractivity contribution in [2.75, 3.05) is 39.6 Å². The van der Waals surface area contributed by atoms with Crippen molar-refractivity contribution < 1.29 is 80.2 Å². The first-order valence-corrected chi connectivity index (χ1v) is 43.2. The predicted octanol–water partition coefficient (Wildman–Crippen LogP) is 22.8. The minimum Gasteiger partial charge on any atom is -0.462 e. The highest BCUT2D eigenvalue weighted by atomic mass is 31.2. The molecule has 17 nitrogen and oxygen atoms in total. The van der Waals surface area contributed by atoms with Gasteiger partial charge in [-0.05, 0) is 49.4 Å². The zero-order chi connectivity index (χ0) is 71.7. The summed E-state index contributed by atoms with van der Waals surface area (Å²) in [4.78, 5) is 72.9. The molecule has 0 aromatic carbocycles. The summed E-state index contributed by atoms with van der Waals surface area (Å²) < 4.78 is 68.6. The SMILES string of the molecule is CC(C)CCCCCCCCCCCCCCCCC(=O)OC[C@H](COP(=O)(O)OCC(O)COP(=O)(O)OC[C@@H](COC(=O)CCCCCCCCCC(C)C)OC(=O)CCCCCCCCCCCCCC(C)C)OC(=O)CCCCCCCCCCCCCCCC(C)C. The van der Waals surface area contributed by atoms with Crippen LogP contribution in [-0.2, 0) is 65.4 Å². The third kappa shape index (κ3) is 72.2. The van der Waals surface area contributed by atoms with Gasteiger partial charge in [-0.1, -0.05) is 344 Å². The monoisotopic (exact) mass is 1420 g/mol. The van der Waals surface area contributed by atoms with Crippen LogP contribution >= 0.6 is 15.6 Å². The molecule has 0 radical (unpaired) electrons. The molecule has 0 spiro atoms. The maximum atomic E-state index is 13.1. The third-order valence-corrected chi connectivity index (χ3v) is 20.0. The highest BCUT2D eigenvalue weighted by molar-refractivity contribution is 7.47. The first-order chi connectivity index (χ1) is 46.6. The molecule has 0 heterocycles. The highest BCUT2D eigenvalue weighted by Gasteiger charge is 2.30. The van der Waals surface area contributed by atoms with E-state index in [9.17, 15) is 43.2 Å². The Morgan fingerprint density at radius 3 is 0.639 bits per heavy atom. The van der Waals surface area contributed by atoms with Gasteiger partial charge in [0.25, 0.3) is 0 Å². The van der Waals surface area contributed by atoms with Gasteiger partial charge in [-0.3, -0.25) is 37.3 Å². The topological polar surface area (TPSA) is 237 Å². The minimum absolute atomic E-state index is 0.105. The first kappa shape index (κ1) is 95.1. The van der Waals surface area contributed by atoms with Gasteiger partial charge in [-0.25, -0.2) is 9.13 Å². The molecule has 0 aliphatic carbocycles. The van der Waals surface area contributed by atoms with Gasteiger partial charge in [0.15, 0.2) is 12.2 Å². The van der Waals surface area contributed by atoms with Crippen molar-refractivity contribution >= 4 is 39.5 Å². The molecule has 5 atom stereocenters. The smallest absolute Gasteiger partial charge is 0.462 e. The molecule has 0 bridgehead atoms. The van der Waals surface area contributed by atoms with Gasteiger partial charge in [0.1, 0.15) is 19.3 Å². The summed E-state index contributed by atoms with van der Waals surface area (Å²) in [5.41, 5.74) is 0. The number of hydrogen-bond acceptors (Lipinski definition) is 15. The van der Waals surface area contributed by atoms with E-state index in [1.165, 1.54) is 193 Å². The van der Waals surface area contributed by atoms with E-state index in [4.69, 9.17) is 37.0 Å². The lowest BCUT2D eigenvalue weighted by atomic mass is 10.0. The molecule has 0 aromatic heterocycles. The zero-order valence-corrected chi connectivity index (χ0v) is 65.5. The van der Waals surface area contributed by atoms with Gasteiger partial charge in [0.2, 0.25) is 0 Å². The summed E-state index contributed by atoms with van der Waals surface area (Å²) in [6.45, 7) is 14.2. The number of phosphoric acid groups is 2. The number of rotatable bonds is 75. The molecule has 0 aliphatic rings. The van der Waals surface area contributed by atoms with Crippen LogP contribution in [0.1, 0.15) is 396 Å². The fourth-order valence-corrected chi connectivity index (χ4v) is 13.5. The van der Waals surface area contributed by atoms with E-state index in [0.29, 0.717) is 31.6 Å². The summed E-state index contributed by atoms with van der Waals surface area (Å²) in [6, 6.07) is 0. The number of esters is 4. The van der Waals surface area contributed by atoms with Crippen LogP contribution in [0.25, 0.3) is 0 Å². The largest absolute Gasteiger partial charge is 0.472 e. The Morgan fingerprint density at radius 2 is 0.433 bits per heavy atom. The highest BCUT2D eigenvalue weighted by Crippen LogP contribution is 2.45. The van der Waals surface area contributed by atoms with Gasteiger partial charge in [0, 0.05) is 25.7 Å². The van der Waals surface area contributed by atoms with Crippen LogP contribution < -0.4 is 0 Å². The lowest BCUT2D eigenvalue weighted by molar-refractivity contribution is -0.161. The van der Waals surface area contributed by atoms with Gasteiger partial charge < -0.3 is 33.8 Å². The molecule has 0 saturated heterocycles. The minimum atomic E-state index is -4.96. The Morgan fingerprint density at radius 1 is 0.258 bits per heavy atom. The molecule has 0 aliphatic heterocycles.